The van der Waals surface area contributed by atoms with Gasteiger partial charge < -0.3 is 4.84 Å². The molecule has 0 radical (unpaired) electrons. The van der Waals surface area contributed by atoms with Gasteiger partial charge in [0, 0.05) is 10.6 Å². The number of halogens is 1. The van der Waals surface area contributed by atoms with Crippen LogP contribution in [0.3, 0.4) is 0 Å². The van der Waals surface area contributed by atoms with Gasteiger partial charge in [-0.3, -0.25) is 0 Å². The maximum Gasteiger partial charge on any atom is 0.106 e. The SMILES string of the molecule is CCC(=NOC)c1ccccc1Cl. The predicted octanol–water partition coefficient (Wildman–Crippen LogP) is 3.10. The van der Waals surface area contributed by atoms with Gasteiger partial charge in [-0.1, -0.05) is 41.9 Å². The second-order valence-corrected chi connectivity index (χ2v) is 2.96. The second kappa shape index (κ2) is 4.87. The molecule has 0 aliphatic carbocycles. The van der Waals surface area contributed by atoms with Gasteiger partial charge in [0.05, 0.1) is 5.71 Å². The lowest BCUT2D eigenvalue weighted by molar-refractivity contribution is 0.213. The minimum absolute atomic E-state index is 0.708. The lowest BCUT2D eigenvalue weighted by atomic mass is 10.1. The minimum Gasteiger partial charge on any atom is -0.399 e. The lowest BCUT2D eigenvalue weighted by Gasteiger charge is -2.04. The molecule has 0 fully saturated rings. The first-order valence-corrected chi connectivity index (χ1v) is 4.52. The molecule has 0 N–H and O–H groups in total. The summed E-state index contributed by atoms with van der Waals surface area (Å²) in [6, 6.07) is 7.61. The molecule has 1 aromatic carbocycles. The lowest BCUT2D eigenvalue weighted by Crippen LogP contribution is -2.00. The molecule has 0 saturated carbocycles. The first-order chi connectivity index (χ1) is 6.29. The van der Waals surface area contributed by atoms with Crippen LogP contribution < -0.4 is 0 Å². The molecule has 0 aliphatic rings. The standard InChI is InChI=1S/C10H12ClNO/c1-3-10(12-13-2)8-6-4-5-7-9(8)11/h4-7H,3H2,1-2H3. The molecule has 0 aromatic heterocycles. The van der Waals surface area contributed by atoms with E-state index in [0.29, 0.717) is 5.02 Å². The third-order valence-electron chi connectivity index (χ3n) is 1.72. The van der Waals surface area contributed by atoms with E-state index < -0.39 is 0 Å². The molecule has 13 heavy (non-hydrogen) atoms. The molecular weight excluding hydrogens is 186 g/mol. The van der Waals surface area contributed by atoms with E-state index in [-0.39, 0.29) is 0 Å². The Morgan fingerprint density at radius 2 is 2.15 bits per heavy atom. The smallest absolute Gasteiger partial charge is 0.106 e. The second-order valence-electron chi connectivity index (χ2n) is 2.55. The van der Waals surface area contributed by atoms with Crippen molar-refractivity contribution in [2.75, 3.05) is 7.11 Å². The molecule has 0 unspecified atom stereocenters. The average Bonchev–Trinajstić information content (AvgIpc) is 2.16. The summed E-state index contributed by atoms with van der Waals surface area (Å²) in [6.07, 6.45) is 0.803. The molecule has 3 heteroatoms. The van der Waals surface area contributed by atoms with Crippen LogP contribution in [-0.4, -0.2) is 12.8 Å². The number of hydrogen-bond donors (Lipinski definition) is 0. The summed E-state index contributed by atoms with van der Waals surface area (Å²) in [7, 11) is 1.53. The molecule has 0 spiro atoms. The van der Waals surface area contributed by atoms with Gasteiger partial charge in [-0.05, 0) is 12.5 Å². The predicted molar refractivity (Wildman–Crippen MR) is 55.3 cm³/mol. The molecule has 1 rings (SSSR count). The monoisotopic (exact) mass is 197 g/mol. The zero-order chi connectivity index (χ0) is 9.68. The first-order valence-electron chi connectivity index (χ1n) is 4.14. The molecule has 2 nitrogen and oxygen atoms in total. The van der Waals surface area contributed by atoms with E-state index in [4.69, 9.17) is 16.4 Å². The van der Waals surface area contributed by atoms with Crippen LogP contribution in [0.5, 0.6) is 0 Å². The van der Waals surface area contributed by atoms with E-state index in [1.807, 2.05) is 31.2 Å². The zero-order valence-electron chi connectivity index (χ0n) is 7.75. The van der Waals surface area contributed by atoms with Crippen molar-refractivity contribution in [1.82, 2.24) is 0 Å². The normalized spacial score (nSPS) is 11.5. The fourth-order valence-corrected chi connectivity index (χ4v) is 1.35. The van der Waals surface area contributed by atoms with E-state index in [2.05, 4.69) is 5.16 Å². The number of rotatable bonds is 3. The summed E-state index contributed by atoms with van der Waals surface area (Å²) in [6.45, 7) is 2.02. The maximum atomic E-state index is 6.00. The van der Waals surface area contributed by atoms with Crippen molar-refractivity contribution < 1.29 is 4.84 Å². The highest BCUT2D eigenvalue weighted by Gasteiger charge is 2.05. The summed E-state index contributed by atoms with van der Waals surface area (Å²) in [5.41, 5.74) is 1.81. The molecule has 0 heterocycles. The van der Waals surface area contributed by atoms with Crippen LogP contribution in [0.1, 0.15) is 18.9 Å². The minimum atomic E-state index is 0.708. The summed E-state index contributed by atoms with van der Waals surface area (Å²) >= 11 is 6.00. The molecule has 0 aliphatic heterocycles. The van der Waals surface area contributed by atoms with Gasteiger partial charge in [0.1, 0.15) is 7.11 Å². The number of hydrogen-bond acceptors (Lipinski definition) is 2. The van der Waals surface area contributed by atoms with E-state index in [0.717, 1.165) is 17.7 Å². The van der Waals surface area contributed by atoms with Gasteiger partial charge in [0.25, 0.3) is 0 Å². The van der Waals surface area contributed by atoms with Crippen LogP contribution in [0, 0.1) is 0 Å². The van der Waals surface area contributed by atoms with Gasteiger partial charge >= 0.3 is 0 Å². The Kier molecular flexibility index (Phi) is 3.77. The maximum absolute atomic E-state index is 6.00. The first kappa shape index (κ1) is 10.1. The summed E-state index contributed by atoms with van der Waals surface area (Å²) in [4.78, 5) is 4.73. The summed E-state index contributed by atoms with van der Waals surface area (Å²) in [5, 5.41) is 4.61. The van der Waals surface area contributed by atoms with Crippen molar-refractivity contribution in [2.45, 2.75) is 13.3 Å². The summed E-state index contributed by atoms with van der Waals surface area (Å²) < 4.78 is 0. The largest absolute Gasteiger partial charge is 0.399 e. The highest BCUT2D eigenvalue weighted by Crippen LogP contribution is 2.17. The van der Waals surface area contributed by atoms with Crippen LogP contribution in [0.4, 0.5) is 0 Å². The third kappa shape index (κ3) is 2.46. The van der Waals surface area contributed by atoms with Crippen LogP contribution in [-0.2, 0) is 4.84 Å². The number of oxime groups is 1. The van der Waals surface area contributed by atoms with Gasteiger partial charge in [-0.2, -0.15) is 0 Å². The van der Waals surface area contributed by atoms with Crippen molar-refractivity contribution in [3.63, 3.8) is 0 Å². The Morgan fingerprint density at radius 3 is 2.69 bits per heavy atom. The molecule has 0 amide bonds. The molecular formula is C10H12ClNO. The van der Waals surface area contributed by atoms with Gasteiger partial charge in [-0.25, -0.2) is 0 Å². The van der Waals surface area contributed by atoms with E-state index >= 15 is 0 Å². The molecule has 0 saturated heterocycles. The molecule has 0 bridgehead atoms. The fraction of sp³-hybridized carbons (Fsp3) is 0.300. The van der Waals surface area contributed by atoms with Gasteiger partial charge in [-0.15, -0.1) is 0 Å². The Bertz CT molecular complexity index is 310. The van der Waals surface area contributed by atoms with Gasteiger partial charge in [0.2, 0.25) is 0 Å². The van der Waals surface area contributed by atoms with E-state index in [1.54, 1.807) is 0 Å². The highest BCUT2D eigenvalue weighted by molar-refractivity contribution is 6.34. The van der Waals surface area contributed by atoms with Crippen LogP contribution in [0.25, 0.3) is 0 Å². The number of nitrogens with zero attached hydrogens (tertiary/aromatic N) is 1. The third-order valence-corrected chi connectivity index (χ3v) is 2.05. The van der Waals surface area contributed by atoms with Crippen molar-refractivity contribution in [3.8, 4) is 0 Å². The number of benzene rings is 1. The van der Waals surface area contributed by atoms with Crippen molar-refractivity contribution in [3.05, 3.63) is 34.9 Å². The Labute approximate surface area is 83.2 Å². The Hall–Kier alpha value is -1.02. The van der Waals surface area contributed by atoms with E-state index in [1.165, 1.54) is 7.11 Å². The summed E-state index contributed by atoms with van der Waals surface area (Å²) in [5.74, 6) is 0. The average molecular weight is 198 g/mol. The van der Waals surface area contributed by atoms with Gasteiger partial charge in [0.15, 0.2) is 0 Å². The van der Waals surface area contributed by atoms with E-state index in [9.17, 15) is 0 Å². The Balaban J connectivity index is 3.05. The molecule has 1 aromatic rings. The van der Waals surface area contributed by atoms with Crippen molar-refractivity contribution in [2.24, 2.45) is 5.16 Å². The van der Waals surface area contributed by atoms with Crippen LogP contribution in [0.15, 0.2) is 29.4 Å². The van der Waals surface area contributed by atoms with Crippen molar-refractivity contribution in [1.29, 1.82) is 0 Å². The topological polar surface area (TPSA) is 21.6 Å². The van der Waals surface area contributed by atoms with Crippen LogP contribution in [0.2, 0.25) is 5.02 Å². The zero-order valence-corrected chi connectivity index (χ0v) is 8.51. The Morgan fingerprint density at radius 1 is 1.46 bits per heavy atom. The fourth-order valence-electron chi connectivity index (χ4n) is 1.11. The molecule has 0 atom stereocenters. The molecule has 70 valence electrons. The highest BCUT2D eigenvalue weighted by atomic mass is 35.5. The van der Waals surface area contributed by atoms with Crippen LogP contribution >= 0.6 is 11.6 Å². The van der Waals surface area contributed by atoms with Crippen molar-refractivity contribution >= 4 is 17.3 Å². The quantitative estimate of drug-likeness (QED) is 0.539.